The maximum Gasteiger partial charge on any atom is 0.253 e. The lowest BCUT2D eigenvalue weighted by atomic mass is 10.1. The Morgan fingerprint density at radius 3 is 2.54 bits per heavy atom. The van der Waals surface area contributed by atoms with Crippen molar-refractivity contribution in [3.8, 4) is 0 Å². The Morgan fingerprint density at radius 1 is 1.11 bits per heavy atom. The van der Waals surface area contributed by atoms with Crippen LogP contribution in [0.5, 0.6) is 0 Å². The SMILES string of the molecule is O=C(Nc1ccc(C(=O)N2CCCC2)cc1)[C@@H]1CC(=O)N(Cc2ccco2)C1. The van der Waals surface area contributed by atoms with Gasteiger partial charge in [-0.2, -0.15) is 0 Å². The third kappa shape index (κ3) is 3.93. The molecule has 7 nitrogen and oxygen atoms in total. The van der Waals surface area contributed by atoms with Gasteiger partial charge in [0.15, 0.2) is 0 Å². The predicted molar refractivity (Wildman–Crippen MR) is 102 cm³/mol. The summed E-state index contributed by atoms with van der Waals surface area (Å²) in [4.78, 5) is 40.6. The van der Waals surface area contributed by atoms with Crippen LogP contribution in [-0.2, 0) is 16.1 Å². The first-order valence-corrected chi connectivity index (χ1v) is 9.60. The molecule has 0 radical (unpaired) electrons. The number of hydrogen-bond acceptors (Lipinski definition) is 4. The summed E-state index contributed by atoms with van der Waals surface area (Å²) in [5.74, 6) is 0.100. The van der Waals surface area contributed by atoms with Crippen LogP contribution in [-0.4, -0.2) is 47.2 Å². The van der Waals surface area contributed by atoms with Crippen LogP contribution in [0.1, 0.15) is 35.4 Å². The standard InChI is InChI=1S/C21H23N3O4/c25-19-12-16(13-24(19)14-18-4-3-11-28-18)20(26)22-17-7-5-15(6-8-17)21(27)23-9-1-2-10-23/h3-8,11,16H,1-2,9-10,12-14H2,(H,22,26)/t16-/m1/s1. The molecule has 0 unspecified atom stereocenters. The van der Waals surface area contributed by atoms with E-state index < -0.39 is 5.92 Å². The lowest BCUT2D eigenvalue weighted by Gasteiger charge is -2.16. The first-order chi connectivity index (χ1) is 13.6. The number of carbonyl (C=O) groups excluding carboxylic acids is 3. The van der Waals surface area contributed by atoms with Gasteiger partial charge in [-0.3, -0.25) is 14.4 Å². The molecule has 0 bridgehead atoms. The highest BCUT2D eigenvalue weighted by atomic mass is 16.3. The molecular weight excluding hydrogens is 358 g/mol. The van der Waals surface area contributed by atoms with Crippen molar-refractivity contribution in [3.05, 3.63) is 54.0 Å². The normalized spacial score (nSPS) is 19.3. The van der Waals surface area contributed by atoms with Gasteiger partial charge in [-0.25, -0.2) is 0 Å². The number of amides is 3. The molecule has 1 N–H and O–H groups in total. The van der Waals surface area contributed by atoms with E-state index in [1.807, 2.05) is 11.0 Å². The van der Waals surface area contributed by atoms with Crippen molar-refractivity contribution in [1.29, 1.82) is 0 Å². The Hall–Kier alpha value is -3.09. The Morgan fingerprint density at radius 2 is 1.86 bits per heavy atom. The zero-order valence-corrected chi connectivity index (χ0v) is 15.6. The van der Waals surface area contributed by atoms with Gasteiger partial charge in [-0.1, -0.05) is 0 Å². The molecule has 0 spiro atoms. The molecule has 2 aliphatic rings. The average Bonchev–Trinajstić information content (AvgIpc) is 3.45. The summed E-state index contributed by atoms with van der Waals surface area (Å²) in [5.41, 5.74) is 1.25. The molecule has 28 heavy (non-hydrogen) atoms. The minimum absolute atomic E-state index is 0.0327. The number of hydrogen-bond donors (Lipinski definition) is 1. The van der Waals surface area contributed by atoms with Crippen LogP contribution in [0.3, 0.4) is 0 Å². The number of likely N-dealkylation sites (tertiary alicyclic amines) is 2. The summed E-state index contributed by atoms with van der Waals surface area (Å²) < 4.78 is 5.28. The molecule has 146 valence electrons. The maximum atomic E-state index is 12.5. The molecule has 0 aliphatic carbocycles. The average molecular weight is 381 g/mol. The number of nitrogens with one attached hydrogen (secondary N) is 1. The molecule has 0 saturated carbocycles. The van der Waals surface area contributed by atoms with Gasteiger partial charge in [0, 0.05) is 37.3 Å². The van der Waals surface area contributed by atoms with E-state index in [1.165, 1.54) is 0 Å². The second-order valence-electron chi connectivity index (χ2n) is 7.32. The Labute approximate surface area is 163 Å². The van der Waals surface area contributed by atoms with Crippen LogP contribution < -0.4 is 5.32 Å². The largest absolute Gasteiger partial charge is 0.467 e. The first-order valence-electron chi connectivity index (χ1n) is 9.60. The Kier molecular flexibility index (Phi) is 5.14. The monoisotopic (exact) mass is 381 g/mol. The van der Waals surface area contributed by atoms with Gasteiger partial charge in [-0.15, -0.1) is 0 Å². The fraction of sp³-hybridized carbons (Fsp3) is 0.381. The number of carbonyl (C=O) groups is 3. The highest BCUT2D eigenvalue weighted by molar-refractivity contribution is 5.98. The summed E-state index contributed by atoms with van der Waals surface area (Å²) in [6.45, 7) is 2.36. The molecular formula is C21H23N3O4. The van der Waals surface area contributed by atoms with E-state index in [9.17, 15) is 14.4 Å². The Bertz CT molecular complexity index is 854. The van der Waals surface area contributed by atoms with Crippen molar-refractivity contribution in [2.75, 3.05) is 25.0 Å². The minimum atomic E-state index is -0.395. The molecule has 7 heteroatoms. The van der Waals surface area contributed by atoms with Gasteiger partial charge in [0.25, 0.3) is 5.91 Å². The second-order valence-corrected chi connectivity index (χ2v) is 7.32. The van der Waals surface area contributed by atoms with Gasteiger partial charge >= 0.3 is 0 Å². The third-order valence-corrected chi connectivity index (χ3v) is 5.30. The highest BCUT2D eigenvalue weighted by Gasteiger charge is 2.34. The van der Waals surface area contributed by atoms with Gasteiger partial charge in [-0.05, 0) is 49.2 Å². The molecule has 2 aromatic rings. The second kappa shape index (κ2) is 7.88. The first kappa shape index (κ1) is 18.3. The van der Waals surface area contributed by atoms with Crippen LogP contribution in [0.15, 0.2) is 47.1 Å². The minimum Gasteiger partial charge on any atom is -0.467 e. The van der Waals surface area contributed by atoms with Crippen molar-refractivity contribution in [2.45, 2.75) is 25.8 Å². The van der Waals surface area contributed by atoms with Crippen molar-refractivity contribution < 1.29 is 18.8 Å². The fourth-order valence-corrected chi connectivity index (χ4v) is 3.73. The van der Waals surface area contributed by atoms with Crippen LogP contribution in [0, 0.1) is 5.92 Å². The van der Waals surface area contributed by atoms with Crippen LogP contribution in [0.4, 0.5) is 5.69 Å². The summed E-state index contributed by atoms with van der Waals surface area (Å²) in [7, 11) is 0. The molecule has 1 atom stereocenters. The van der Waals surface area contributed by atoms with Crippen LogP contribution >= 0.6 is 0 Å². The van der Waals surface area contributed by atoms with Crippen LogP contribution in [0.2, 0.25) is 0 Å². The van der Waals surface area contributed by atoms with Crippen molar-refractivity contribution in [1.82, 2.24) is 9.80 Å². The van der Waals surface area contributed by atoms with E-state index >= 15 is 0 Å². The van der Waals surface area contributed by atoms with Crippen LogP contribution in [0.25, 0.3) is 0 Å². The van der Waals surface area contributed by atoms with Gasteiger partial charge < -0.3 is 19.5 Å². The lowest BCUT2D eigenvalue weighted by Crippen LogP contribution is -2.28. The number of nitrogens with zero attached hydrogens (tertiary/aromatic N) is 2. The van der Waals surface area contributed by atoms with E-state index in [2.05, 4.69) is 5.32 Å². The molecule has 1 aromatic heterocycles. The zero-order chi connectivity index (χ0) is 19.5. The van der Waals surface area contributed by atoms with Crippen molar-refractivity contribution >= 4 is 23.4 Å². The van der Waals surface area contributed by atoms with Gasteiger partial charge in [0.05, 0.1) is 18.7 Å². The van der Waals surface area contributed by atoms with E-state index in [0.29, 0.717) is 30.1 Å². The highest BCUT2D eigenvalue weighted by Crippen LogP contribution is 2.22. The summed E-state index contributed by atoms with van der Waals surface area (Å²) in [5, 5.41) is 2.85. The number of benzene rings is 1. The summed E-state index contributed by atoms with van der Waals surface area (Å²) >= 11 is 0. The molecule has 2 aliphatic heterocycles. The molecule has 2 saturated heterocycles. The number of anilines is 1. The smallest absolute Gasteiger partial charge is 0.253 e. The van der Waals surface area contributed by atoms with E-state index in [1.54, 1.807) is 41.5 Å². The molecule has 2 fully saturated rings. The lowest BCUT2D eigenvalue weighted by molar-refractivity contribution is -0.128. The predicted octanol–water partition coefficient (Wildman–Crippen LogP) is 2.50. The Balaban J connectivity index is 1.33. The maximum absolute atomic E-state index is 12.5. The molecule has 3 heterocycles. The molecule has 4 rings (SSSR count). The van der Waals surface area contributed by atoms with Gasteiger partial charge in [0.2, 0.25) is 11.8 Å². The number of furan rings is 1. The topological polar surface area (TPSA) is 82.9 Å². The number of rotatable bonds is 5. The van der Waals surface area contributed by atoms with Crippen molar-refractivity contribution in [3.63, 3.8) is 0 Å². The molecule has 1 aromatic carbocycles. The van der Waals surface area contributed by atoms with Crippen molar-refractivity contribution in [2.24, 2.45) is 5.92 Å². The zero-order valence-electron chi connectivity index (χ0n) is 15.6. The van der Waals surface area contributed by atoms with E-state index in [0.717, 1.165) is 25.9 Å². The molecule has 3 amide bonds. The fourth-order valence-electron chi connectivity index (χ4n) is 3.73. The quantitative estimate of drug-likeness (QED) is 0.863. The summed E-state index contributed by atoms with van der Waals surface area (Å²) in [6.07, 6.45) is 3.87. The van der Waals surface area contributed by atoms with Gasteiger partial charge in [0.1, 0.15) is 5.76 Å². The third-order valence-electron chi connectivity index (χ3n) is 5.30. The van der Waals surface area contributed by atoms with E-state index in [4.69, 9.17) is 4.42 Å². The summed E-state index contributed by atoms with van der Waals surface area (Å²) in [6, 6.07) is 10.5. The van der Waals surface area contributed by atoms with E-state index in [-0.39, 0.29) is 24.1 Å².